The first kappa shape index (κ1) is 13.8. The van der Waals surface area contributed by atoms with Crippen LogP contribution in [0.25, 0.3) is 11.4 Å². The van der Waals surface area contributed by atoms with Crippen molar-refractivity contribution in [1.29, 1.82) is 0 Å². The van der Waals surface area contributed by atoms with Gasteiger partial charge >= 0.3 is 0 Å². The van der Waals surface area contributed by atoms with Crippen molar-refractivity contribution in [2.45, 2.75) is 13.5 Å². The summed E-state index contributed by atoms with van der Waals surface area (Å²) in [6.07, 6.45) is 0. The molecule has 0 unspecified atom stereocenters. The van der Waals surface area contributed by atoms with Crippen LogP contribution in [-0.4, -0.2) is 20.2 Å². The number of nitrogens with zero attached hydrogens (tertiary/aromatic N) is 4. The normalized spacial score (nSPS) is 10.8. The van der Waals surface area contributed by atoms with Gasteiger partial charge in [0.15, 0.2) is 5.82 Å². The largest absolute Gasteiger partial charge is 0.398 e. The number of halogens is 1. The van der Waals surface area contributed by atoms with E-state index in [1.807, 2.05) is 49.4 Å². The highest BCUT2D eigenvalue weighted by molar-refractivity contribution is 9.10. The van der Waals surface area contributed by atoms with Gasteiger partial charge in [0.05, 0.1) is 6.54 Å². The summed E-state index contributed by atoms with van der Waals surface area (Å²) in [5, 5.41) is 12.0. The summed E-state index contributed by atoms with van der Waals surface area (Å²) in [6.45, 7) is 2.60. The summed E-state index contributed by atoms with van der Waals surface area (Å²) in [5.74, 6) is 0.673. The SMILES string of the molecule is Cc1ccc(N)c(-c2nnnn2Cc2ccccc2Br)c1. The molecular formula is C15H14BrN5. The summed E-state index contributed by atoms with van der Waals surface area (Å²) < 4.78 is 2.79. The number of hydrogen-bond donors (Lipinski definition) is 1. The van der Waals surface area contributed by atoms with Gasteiger partial charge in [0.1, 0.15) is 0 Å². The minimum atomic E-state index is 0.580. The van der Waals surface area contributed by atoms with Gasteiger partial charge in [-0.05, 0) is 41.1 Å². The van der Waals surface area contributed by atoms with E-state index in [2.05, 4.69) is 31.5 Å². The van der Waals surface area contributed by atoms with Crippen LogP contribution in [0.4, 0.5) is 5.69 Å². The van der Waals surface area contributed by atoms with Gasteiger partial charge in [-0.15, -0.1) is 5.10 Å². The summed E-state index contributed by atoms with van der Waals surface area (Å²) in [7, 11) is 0. The quantitative estimate of drug-likeness (QED) is 0.742. The molecule has 2 aromatic carbocycles. The maximum absolute atomic E-state index is 6.05. The van der Waals surface area contributed by atoms with Gasteiger partial charge in [0.25, 0.3) is 0 Å². The predicted octanol–water partition coefficient (Wildman–Crippen LogP) is 3.04. The van der Waals surface area contributed by atoms with Crippen molar-refractivity contribution >= 4 is 21.6 Å². The Kier molecular flexibility index (Phi) is 3.70. The Balaban J connectivity index is 2.02. The van der Waals surface area contributed by atoms with E-state index in [1.165, 1.54) is 0 Å². The van der Waals surface area contributed by atoms with Crippen molar-refractivity contribution < 1.29 is 0 Å². The molecule has 0 atom stereocenters. The highest BCUT2D eigenvalue weighted by Gasteiger charge is 2.13. The first-order valence-electron chi connectivity index (χ1n) is 6.51. The van der Waals surface area contributed by atoms with Crippen LogP contribution in [0, 0.1) is 6.92 Å². The fraction of sp³-hybridized carbons (Fsp3) is 0.133. The molecule has 106 valence electrons. The lowest BCUT2D eigenvalue weighted by Gasteiger charge is -2.09. The first-order chi connectivity index (χ1) is 10.1. The van der Waals surface area contributed by atoms with Gasteiger partial charge in [-0.1, -0.05) is 45.8 Å². The van der Waals surface area contributed by atoms with Crippen LogP contribution in [0.3, 0.4) is 0 Å². The molecule has 2 N–H and O–H groups in total. The molecule has 21 heavy (non-hydrogen) atoms. The second-order valence-electron chi connectivity index (χ2n) is 4.84. The lowest BCUT2D eigenvalue weighted by Crippen LogP contribution is -2.06. The summed E-state index contributed by atoms with van der Waals surface area (Å²) in [6, 6.07) is 13.9. The van der Waals surface area contributed by atoms with Crippen molar-refractivity contribution in [3.8, 4) is 11.4 Å². The van der Waals surface area contributed by atoms with Crippen molar-refractivity contribution in [2.24, 2.45) is 0 Å². The van der Waals surface area contributed by atoms with E-state index >= 15 is 0 Å². The molecule has 0 saturated heterocycles. The third-order valence-electron chi connectivity index (χ3n) is 3.26. The number of tetrazole rings is 1. The number of anilines is 1. The summed E-state index contributed by atoms with van der Waals surface area (Å²) in [5.41, 5.74) is 9.81. The maximum Gasteiger partial charge on any atom is 0.184 e. The molecule has 0 amide bonds. The topological polar surface area (TPSA) is 69.6 Å². The Labute approximate surface area is 130 Å². The number of nitrogens with two attached hydrogens (primary N) is 1. The number of rotatable bonds is 3. The fourth-order valence-corrected chi connectivity index (χ4v) is 2.57. The molecule has 3 aromatic rings. The average molecular weight is 344 g/mol. The Hall–Kier alpha value is -2.21. The third-order valence-corrected chi connectivity index (χ3v) is 4.03. The molecule has 0 bridgehead atoms. The number of aryl methyl sites for hydroxylation is 1. The lowest BCUT2D eigenvalue weighted by atomic mass is 10.1. The zero-order valence-corrected chi connectivity index (χ0v) is 13.1. The van der Waals surface area contributed by atoms with Gasteiger partial charge in [0, 0.05) is 15.7 Å². The number of hydrogen-bond acceptors (Lipinski definition) is 4. The lowest BCUT2D eigenvalue weighted by molar-refractivity contribution is 0.652. The molecule has 0 spiro atoms. The molecular weight excluding hydrogens is 330 g/mol. The van der Waals surface area contributed by atoms with E-state index in [4.69, 9.17) is 5.73 Å². The van der Waals surface area contributed by atoms with Crippen molar-refractivity contribution in [2.75, 3.05) is 5.73 Å². The molecule has 0 fully saturated rings. The van der Waals surface area contributed by atoms with E-state index in [1.54, 1.807) is 4.68 Å². The van der Waals surface area contributed by atoms with Gasteiger partial charge in [-0.25, -0.2) is 4.68 Å². The highest BCUT2D eigenvalue weighted by Crippen LogP contribution is 2.26. The first-order valence-corrected chi connectivity index (χ1v) is 7.30. The van der Waals surface area contributed by atoms with E-state index in [0.717, 1.165) is 21.2 Å². The van der Waals surface area contributed by atoms with E-state index in [9.17, 15) is 0 Å². The molecule has 0 aliphatic heterocycles. The zero-order chi connectivity index (χ0) is 14.8. The molecule has 0 aliphatic carbocycles. The predicted molar refractivity (Wildman–Crippen MR) is 85.6 cm³/mol. The van der Waals surface area contributed by atoms with Gasteiger partial charge in [-0.3, -0.25) is 0 Å². The van der Waals surface area contributed by atoms with Gasteiger partial charge < -0.3 is 5.73 Å². The Bertz CT molecular complexity index is 781. The fourth-order valence-electron chi connectivity index (χ4n) is 2.16. The number of benzene rings is 2. The smallest absolute Gasteiger partial charge is 0.184 e. The van der Waals surface area contributed by atoms with Crippen LogP contribution >= 0.6 is 15.9 Å². The third kappa shape index (κ3) is 2.80. The van der Waals surface area contributed by atoms with Crippen LogP contribution < -0.4 is 5.73 Å². The van der Waals surface area contributed by atoms with E-state index in [0.29, 0.717) is 18.1 Å². The highest BCUT2D eigenvalue weighted by atomic mass is 79.9. The van der Waals surface area contributed by atoms with Crippen LogP contribution in [-0.2, 0) is 6.54 Å². The molecule has 5 nitrogen and oxygen atoms in total. The van der Waals surface area contributed by atoms with Crippen molar-refractivity contribution in [3.05, 3.63) is 58.1 Å². The van der Waals surface area contributed by atoms with Crippen molar-refractivity contribution in [1.82, 2.24) is 20.2 Å². The molecule has 0 aliphatic rings. The zero-order valence-electron chi connectivity index (χ0n) is 11.5. The van der Waals surface area contributed by atoms with E-state index in [-0.39, 0.29) is 0 Å². The summed E-state index contributed by atoms with van der Waals surface area (Å²) >= 11 is 3.54. The molecule has 0 radical (unpaired) electrons. The molecule has 1 heterocycles. The minimum absolute atomic E-state index is 0.580. The monoisotopic (exact) mass is 343 g/mol. The van der Waals surface area contributed by atoms with Crippen LogP contribution in [0.15, 0.2) is 46.9 Å². The van der Waals surface area contributed by atoms with Gasteiger partial charge in [-0.2, -0.15) is 0 Å². The Morgan fingerprint density at radius 3 is 2.81 bits per heavy atom. The molecule has 3 rings (SSSR count). The Morgan fingerprint density at radius 1 is 1.19 bits per heavy atom. The molecule has 6 heteroatoms. The Morgan fingerprint density at radius 2 is 2.00 bits per heavy atom. The van der Waals surface area contributed by atoms with E-state index < -0.39 is 0 Å². The molecule has 1 aromatic heterocycles. The standard InChI is InChI=1S/C15H14BrN5/c1-10-6-7-14(17)12(8-10)15-18-19-20-21(15)9-11-4-2-3-5-13(11)16/h2-8H,9,17H2,1H3. The van der Waals surface area contributed by atoms with Crippen LogP contribution in [0.2, 0.25) is 0 Å². The molecule has 0 saturated carbocycles. The summed E-state index contributed by atoms with van der Waals surface area (Å²) in [4.78, 5) is 0. The van der Waals surface area contributed by atoms with Crippen molar-refractivity contribution in [3.63, 3.8) is 0 Å². The second kappa shape index (κ2) is 5.65. The average Bonchev–Trinajstić information content (AvgIpc) is 2.92. The minimum Gasteiger partial charge on any atom is -0.398 e. The van der Waals surface area contributed by atoms with Gasteiger partial charge in [0.2, 0.25) is 0 Å². The number of nitrogen functional groups attached to an aromatic ring is 1. The number of aromatic nitrogens is 4. The maximum atomic E-state index is 6.05. The van der Waals surface area contributed by atoms with Crippen LogP contribution in [0.5, 0.6) is 0 Å². The van der Waals surface area contributed by atoms with Crippen LogP contribution in [0.1, 0.15) is 11.1 Å². The second-order valence-corrected chi connectivity index (χ2v) is 5.70.